The van der Waals surface area contributed by atoms with Crippen molar-refractivity contribution >= 4 is 27.5 Å². The molecule has 6 heteroatoms. The number of hydrogen-bond acceptors (Lipinski definition) is 4. The van der Waals surface area contributed by atoms with Crippen LogP contribution in [0.3, 0.4) is 0 Å². The number of aryl methyl sites for hydroxylation is 3. The number of carbonyl (C=O) groups excluding carboxylic acids is 1. The van der Waals surface area contributed by atoms with E-state index < -0.39 is 9.84 Å². The first-order valence-corrected chi connectivity index (χ1v) is 14.0. The van der Waals surface area contributed by atoms with E-state index in [9.17, 15) is 13.2 Å². The lowest BCUT2D eigenvalue weighted by atomic mass is 10.00. The van der Waals surface area contributed by atoms with Crippen molar-refractivity contribution in [1.82, 2.24) is 0 Å². The highest BCUT2D eigenvalue weighted by atomic mass is 32.2. The SMILES string of the molecule is Cc1ccc(-c2ccc3c(c2)C=C(C(=O)Nc2ccc(S(=O)(=O)c4ccc(C)cc4)cc2C)CCO3)cc1. The maximum absolute atomic E-state index is 13.3. The largest absolute Gasteiger partial charge is 0.493 e. The van der Waals surface area contributed by atoms with E-state index in [0.717, 1.165) is 28.0 Å². The average Bonchev–Trinajstić information content (AvgIpc) is 3.12. The Kier molecular flexibility index (Phi) is 6.91. The Hall–Kier alpha value is -4.16. The number of carbonyl (C=O) groups is 1. The van der Waals surface area contributed by atoms with Crippen LogP contribution in [0.25, 0.3) is 17.2 Å². The van der Waals surface area contributed by atoms with Crippen molar-refractivity contribution in [2.45, 2.75) is 37.0 Å². The molecule has 5 nitrogen and oxygen atoms in total. The first-order valence-electron chi connectivity index (χ1n) is 12.5. The minimum Gasteiger partial charge on any atom is -0.493 e. The first-order chi connectivity index (χ1) is 18.2. The molecule has 1 aliphatic rings. The van der Waals surface area contributed by atoms with Crippen molar-refractivity contribution in [3.63, 3.8) is 0 Å². The number of ether oxygens (including phenoxy) is 1. The molecule has 0 atom stereocenters. The summed E-state index contributed by atoms with van der Waals surface area (Å²) in [6, 6.07) is 25.9. The molecule has 0 unspecified atom stereocenters. The van der Waals surface area contributed by atoms with Crippen LogP contribution >= 0.6 is 0 Å². The number of benzene rings is 4. The van der Waals surface area contributed by atoms with Crippen LogP contribution < -0.4 is 10.1 Å². The second kappa shape index (κ2) is 10.3. The Morgan fingerprint density at radius 3 is 2.08 bits per heavy atom. The highest BCUT2D eigenvalue weighted by molar-refractivity contribution is 7.91. The molecule has 1 aliphatic heterocycles. The third kappa shape index (κ3) is 5.27. The van der Waals surface area contributed by atoms with Crippen molar-refractivity contribution in [2.24, 2.45) is 0 Å². The lowest BCUT2D eigenvalue weighted by Crippen LogP contribution is -2.16. The van der Waals surface area contributed by atoms with Crippen LogP contribution in [0.4, 0.5) is 5.69 Å². The van der Waals surface area contributed by atoms with Crippen LogP contribution in [0.2, 0.25) is 0 Å². The minimum absolute atomic E-state index is 0.191. The van der Waals surface area contributed by atoms with E-state index in [1.54, 1.807) is 43.3 Å². The van der Waals surface area contributed by atoms with Gasteiger partial charge in [0.2, 0.25) is 9.84 Å². The van der Waals surface area contributed by atoms with Gasteiger partial charge in [0, 0.05) is 23.2 Å². The second-order valence-electron chi connectivity index (χ2n) is 9.63. The molecule has 0 saturated heterocycles. The van der Waals surface area contributed by atoms with E-state index in [-0.39, 0.29) is 15.7 Å². The lowest BCUT2D eigenvalue weighted by molar-refractivity contribution is -0.113. The number of amides is 1. The van der Waals surface area contributed by atoms with Gasteiger partial charge >= 0.3 is 0 Å². The Morgan fingerprint density at radius 2 is 1.39 bits per heavy atom. The van der Waals surface area contributed by atoms with Gasteiger partial charge in [0.15, 0.2) is 0 Å². The fourth-order valence-corrected chi connectivity index (χ4v) is 5.77. The number of fused-ring (bicyclic) bond motifs is 1. The molecule has 0 saturated carbocycles. The molecule has 38 heavy (non-hydrogen) atoms. The smallest absolute Gasteiger partial charge is 0.251 e. The molecular weight excluding hydrogens is 494 g/mol. The first kappa shape index (κ1) is 25.5. The van der Waals surface area contributed by atoms with E-state index in [0.29, 0.717) is 29.9 Å². The third-order valence-electron chi connectivity index (χ3n) is 6.73. The summed E-state index contributed by atoms with van der Waals surface area (Å²) in [5.41, 5.74) is 7.01. The fourth-order valence-electron chi connectivity index (χ4n) is 4.43. The summed E-state index contributed by atoms with van der Waals surface area (Å²) in [6.45, 7) is 6.15. The van der Waals surface area contributed by atoms with E-state index in [2.05, 4.69) is 36.5 Å². The van der Waals surface area contributed by atoms with Gasteiger partial charge in [0.25, 0.3) is 5.91 Å². The summed E-state index contributed by atoms with van der Waals surface area (Å²) in [7, 11) is -3.65. The Morgan fingerprint density at radius 1 is 0.763 bits per heavy atom. The van der Waals surface area contributed by atoms with E-state index in [4.69, 9.17) is 4.74 Å². The van der Waals surface area contributed by atoms with Crippen LogP contribution in [0.15, 0.2) is 100 Å². The highest BCUT2D eigenvalue weighted by Gasteiger charge is 2.20. The van der Waals surface area contributed by atoms with Crippen LogP contribution in [0.1, 0.15) is 28.7 Å². The number of anilines is 1. The molecule has 1 N–H and O–H groups in total. The maximum atomic E-state index is 13.3. The lowest BCUT2D eigenvalue weighted by Gasteiger charge is -2.12. The summed E-state index contributed by atoms with van der Waals surface area (Å²) < 4.78 is 32.1. The van der Waals surface area contributed by atoms with Crippen LogP contribution in [-0.4, -0.2) is 20.9 Å². The molecule has 192 valence electrons. The van der Waals surface area contributed by atoms with Crippen molar-refractivity contribution in [1.29, 1.82) is 0 Å². The molecule has 5 rings (SSSR count). The zero-order valence-electron chi connectivity index (χ0n) is 21.6. The molecule has 1 heterocycles. The second-order valence-corrected chi connectivity index (χ2v) is 11.6. The molecule has 0 bridgehead atoms. The number of nitrogens with one attached hydrogen (secondary N) is 1. The van der Waals surface area contributed by atoms with E-state index in [1.165, 1.54) is 11.6 Å². The Bertz CT molecular complexity index is 1650. The zero-order valence-corrected chi connectivity index (χ0v) is 22.4. The van der Waals surface area contributed by atoms with E-state index >= 15 is 0 Å². The van der Waals surface area contributed by atoms with Crippen molar-refractivity contribution < 1.29 is 17.9 Å². The average molecular weight is 524 g/mol. The van der Waals surface area contributed by atoms with Gasteiger partial charge in [-0.15, -0.1) is 0 Å². The van der Waals surface area contributed by atoms with Gasteiger partial charge in [-0.1, -0.05) is 53.6 Å². The molecular formula is C32H29NO4S. The molecule has 1 amide bonds. The molecule has 0 radical (unpaired) electrons. The Balaban J connectivity index is 1.39. The highest BCUT2D eigenvalue weighted by Crippen LogP contribution is 2.32. The van der Waals surface area contributed by atoms with Crippen molar-refractivity contribution in [3.8, 4) is 16.9 Å². The zero-order chi connectivity index (χ0) is 26.9. The van der Waals surface area contributed by atoms with Crippen LogP contribution in [-0.2, 0) is 14.6 Å². The fraction of sp³-hybridized carbons (Fsp3) is 0.156. The normalized spacial score (nSPS) is 13.1. The quantitative estimate of drug-likeness (QED) is 0.308. The van der Waals surface area contributed by atoms with Gasteiger partial charge in [-0.3, -0.25) is 4.79 Å². The van der Waals surface area contributed by atoms with Gasteiger partial charge in [-0.2, -0.15) is 0 Å². The summed E-state index contributed by atoms with van der Waals surface area (Å²) in [6.07, 6.45) is 2.33. The van der Waals surface area contributed by atoms with E-state index in [1.807, 2.05) is 31.2 Å². The standard InChI is InChI=1S/C32H29NO4S/c1-21-4-8-24(9-5-21)25-10-15-31-27(19-25)20-26(16-17-37-31)32(34)33-30-14-13-29(18-23(30)3)38(35,36)28-11-6-22(2)7-12-28/h4-15,18-20H,16-17H2,1-3H3,(H,33,34). The molecule has 0 aromatic heterocycles. The molecule has 4 aromatic rings. The van der Waals surface area contributed by atoms with Gasteiger partial charge in [0.05, 0.1) is 16.4 Å². The van der Waals surface area contributed by atoms with Gasteiger partial charge in [-0.05, 0) is 86.0 Å². The maximum Gasteiger partial charge on any atom is 0.251 e. The summed E-state index contributed by atoms with van der Waals surface area (Å²) in [5, 5.41) is 2.96. The molecule has 0 aliphatic carbocycles. The summed E-state index contributed by atoms with van der Waals surface area (Å²) in [4.78, 5) is 13.7. The number of hydrogen-bond donors (Lipinski definition) is 1. The molecule has 4 aromatic carbocycles. The summed E-state index contributed by atoms with van der Waals surface area (Å²) >= 11 is 0. The number of sulfone groups is 1. The Labute approximate surface area is 223 Å². The van der Waals surface area contributed by atoms with Crippen LogP contribution in [0, 0.1) is 20.8 Å². The molecule has 0 spiro atoms. The van der Waals surface area contributed by atoms with Gasteiger partial charge in [0.1, 0.15) is 5.75 Å². The van der Waals surface area contributed by atoms with Gasteiger partial charge in [-0.25, -0.2) is 8.42 Å². The third-order valence-corrected chi connectivity index (χ3v) is 8.50. The van der Waals surface area contributed by atoms with Crippen molar-refractivity contribution in [2.75, 3.05) is 11.9 Å². The number of rotatable bonds is 5. The minimum atomic E-state index is -3.65. The predicted octanol–water partition coefficient (Wildman–Crippen LogP) is 6.92. The topological polar surface area (TPSA) is 72.5 Å². The monoisotopic (exact) mass is 523 g/mol. The van der Waals surface area contributed by atoms with Crippen molar-refractivity contribution in [3.05, 3.63) is 113 Å². The summed E-state index contributed by atoms with van der Waals surface area (Å²) in [5.74, 6) is 0.505. The predicted molar refractivity (Wildman–Crippen MR) is 151 cm³/mol. The van der Waals surface area contributed by atoms with Gasteiger partial charge < -0.3 is 10.1 Å². The molecule has 0 fully saturated rings. The van der Waals surface area contributed by atoms with Crippen LogP contribution in [0.5, 0.6) is 5.75 Å².